The lowest BCUT2D eigenvalue weighted by Crippen LogP contribution is -2.02. The number of aryl methyl sites for hydroxylation is 6. The largest absolute Gasteiger partial charge is 0.489 e. The van der Waals surface area contributed by atoms with Gasteiger partial charge in [0.2, 0.25) is 0 Å². The first-order chi connectivity index (χ1) is 28.6. The Kier molecular flexibility index (Phi) is 13.4. The fraction of sp³-hybridized carbons (Fsp3) is 0.388. The van der Waals surface area contributed by atoms with Crippen LogP contribution in [0.2, 0.25) is 0 Å². The van der Waals surface area contributed by atoms with Crippen LogP contribution in [0.1, 0.15) is 93.4 Å². The summed E-state index contributed by atoms with van der Waals surface area (Å²) in [6, 6.07) is 25.2. The highest BCUT2D eigenvalue weighted by Gasteiger charge is 2.21. The van der Waals surface area contributed by atoms with Gasteiger partial charge in [-0.05, 0) is 134 Å². The van der Waals surface area contributed by atoms with E-state index in [1.54, 1.807) is 0 Å². The number of H-pyrrole nitrogens is 2. The predicted molar refractivity (Wildman–Crippen MR) is 230 cm³/mol. The summed E-state index contributed by atoms with van der Waals surface area (Å²) in [4.78, 5) is 29.0. The van der Waals surface area contributed by atoms with E-state index in [0.717, 1.165) is 101 Å². The molecule has 310 valence electrons. The Morgan fingerprint density at radius 3 is 1.54 bits per heavy atom. The van der Waals surface area contributed by atoms with E-state index < -0.39 is 5.97 Å². The van der Waals surface area contributed by atoms with Crippen LogP contribution in [0.25, 0.3) is 21.8 Å². The molecule has 2 saturated heterocycles. The van der Waals surface area contributed by atoms with Crippen LogP contribution in [0.4, 0.5) is 0 Å². The highest BCUT2D eigenvalue weighted by molar-refractivity contribution is 5.87. The minimum atomic E-state index is -0.783. The zero-order chi connectivity index (χ0) is 41.5. The summed E-state index contributed by atoms with van der Waals surface area (Å²) in [5.41, 5.74) is 14.0. The number of hydrogen-bond acceptors (Lipinski definition) is 7. The van der Waals surface area contributed by atoms with E-state index in [4.69, 9.17) is 28.8 Å². The standard InChI is InChI=1S/C25H29NO4.C24H27NO4/c1-16-12-18(4-6-21(16)19-10-11-29-15-19)14-30-20-5-7-24-22(13-20)17(2)23(26-24)8-9-25(27)28-3;1-15-11-17(3-5-20(15)18-9-10-28-14-18)13-29-19-4-6-23-21(12-19)16(2)22(25-23)7-8-24(26)27/h4-7,12-13,19,26H,8-11,14-15H2,1-3H3;3-6,11-12,18,25H,7-10,13-14H2,1-2H3,(H,26,27). The van der Waals surface area contributed by atoms with Gasteiger partial charge >= 0.3 is 11.9 Å². The maximum absolute atomic E-state index is 11.4. The van der Waals surface area contributed by atoms with Gasteiger partial charge in [0.1, 0.15) is 24.7 Å². The number of benzene rings is 4. The van der Waals surface area contributed by atoms with Gasteiger partial charge in [-0.15, -0.1) is 0 Å². The number of nitrogens with one attached hydrogen (secondary N) is 2. The molecule has 10 nitrogen and oxygen atoms in total. The van der Waals surface area contributed by atoms with Crippen molar-refractivity contribution in [2.24, 2.45) is 0 Å². The van der Waals surface area contributed by atoms with Crippen molar-refractivity contribution in [1.82, 2.24) is 9.97 Å². The van der Waals surface area contributed by atoms with Crippen molar-refractivity contribution in [3.8, 4) is 11.5 Å². The number of carbonyl (C=O) groups excluding carboxylic acids is 1. The highest BCUT2D eigenvalue weighted by atomic mass is 16.5. The molecule has 2 unspecified atom stereocenters. The van der Waals surface area contributed by atoms with Crippen LogP contribution >= 0.6 is 0 Å². The van der Waals surface area contributed by atoms with E-state index in [9.17, 15) is 9.59 Å². The molecule has 2 aliphatic heterocycles. The molecule has 2 atom stereocenters. The summed E-state index contributed by atoms with van der Waals surface area (Å²) in [5.74, 6) is 1.71. The number of methoxy groups -OCH3 is 1. The first-order valence-corrected chi connectivity index (χ1v) is 20.7. The number of aromatic amines is 2. The third-order valence-electron chi connectivity index (χ3n) is 11.9. The van der Waals surface area contributed by atoms with Gasteiger partial charge in [-0.2, -0.15) is 0 Å². The number of carboxylic acids is 1. The minimum Gasteiger partial charge on any atom is -0.489 e. The average molecular weight is 801 g/mol. The van der Waals surface area contributed by atoms with Gasteiger partial charge in [0, 0.05) is 58.2 Å². The zero-order valence-corrected chi connectivity index (χ0v) is 34.9. The summed E-state index contributed by atoms with van der Waals surface area (Å²) in [6.07, 6.45) is 3.84. The Hall–Kier alpha value is -5.58. The van der Waals surface area contributed by atoms with E-state index in [1.807, 2.05) is 37.3 Å². The predicted octanol–water partition coefficient (Wildman–Crippen LogP) is 9.86. The van der Waals surface area contributed by atoms with Crippen LogP contribution in [0.15, 0.2) is 72.8 Å². The topological polar surface area (TPSA) is 132 Å². The molecular weight excluding hydrogens is 745 g/mol. The van der Waals surface area contributed by atoms with Gasteiger partial charge in [-0.25, -0.2) is 0 Å². The molecule has 8 rings (SSSR count). The molecule has 59 heavy (non-hydrogen) atoms. The van der Waals surface area contributed by atoms with Crippen LogP contribution in [0.5, 0.6) is 11.5 Å². The number of hydrogen-bond donors (Lipinski definition) is 3. The van der Waals surface area contributed by atoms with Crippen LogP contribution < -0.4 is 9.47 Å². The molecule has 0 saturated carbocycles. The summed E-state index contributed by atoms with van der Waals surface area (Å²) >= 11 is 0. The third kappa shape index (κ3) is 10.2. The Labute approximate surface area is 346 Å². The number of aromatic nitrogens is 2. The first-order valence-electron chi connectivity index (χ1n) is 20.7. The Morgan fingerprint density at radius 2 is 1.14 bits per heavy atom. The van der Waals surface area contributed by atoms with Gasteiger partial charge in [0.25, 0.3) is 0 Å². The lowest BCUT2D eigenvalue weighted by Gasteiger charge is -2.14. The van der Waals surface area contributed by atoms with Gasteiger partial charge in [-0.1, -0.05) is 36.4 Å². The number of rotatable bonds is 14. The summed E-state index contributed by atoms with van der Waals surface area (Å²) < 4.78 is 27.9. The van der Waals surface area contributed by atoms with Crippen LogP contribution in [-0.4, -0.2) is 60.6 Å². The van der Waals surface area contributed by atoms with Crippen molar-refractivity contribution in [1.29, 1.82) is 0 Å². The van der Waals surface area contributed by atoms with E-state index in [0.29, 0.717) is 44.3 Å². The van der Waals surface area contributed by atoms with E-state index in [1.165, 1.54) is 34.9 Å². The molecule has 0 bridgehead atoms. The lowest BCUT2D eigenvalue weighted by atomic mass is 9.93. The minimum absolute atomic E-state index is 0.124. The maximum Gasteiger partial charge on any atom is 0.305 e. The van der Waals surface area contributed by atoms with Crippen LogP contribution in [-0.2, 0) is 49.9 Å². The van der Waals surface area contributed by atoms with Gasteiger partial charge in [0.05, 0.1) is 33.2 Å². The number of fused-ring (bicyclic) bond motifs is 2. The number of aliphatic carboxylic acids is 1. The quantitative estimate of drug-likeness (QED) is 0.0929. The number of ether oxygens (including phenoxy) is 5. The lowest BCUT2D eigenvalue weighted by molar-refractivity contribution is -0.140. The Balaban J connectivity index is 0.000000179. The van der Waals surface area contributed by atoms with E-state index in [2.05, 4.69) is 73.2 Å². The van der Waals surface area contributed by atoms with Crippen LogP contribution in [0, 0.1) is 27.7 Å². The summed E-state index contributed by atoms with van der Waals surface area (Å²) in [6.45, 7) is 12.8. The molecule has 0 spiro atoms. The Bertz CT molecular complexity index is 2410. The monoisotopic (exact) mass is 800 g/mol. The van der Waals surface area contributed by atoms with Crippen molar-refractivity contribution in [3.63, 3.8) is 0 Å². The van der Waals surface area contributed by atoms with E-state index >= 15 is 0 Å². The molecule has 4 aromatic carbocycles. The number of carbonyl (C=O) groups is 2. The SMILES string of the molecule is COC(=O)CCc1[nH]c2ccc(OCc3ccc(C4CCOC4)c(C)c3)cc2c1C.Cc1cc(COc2ccc3[nH]c(CCC(=O)O)c(C)c3c2)ccc1C1CCOC1. The van der Waals surface area contributed by atoms with Crippen LogP contribution in [0.3, 0.4) is 0 Å². The molecular formula is C49H56N2O8. The van der Waals surface area contributed by atoms with Crippen molar-refractivity contribution in [3.05, 3.63) is 129 Å². The summed E-state index contributed by atoms with van der Waals surface area (Å²) in [7, 11) is 1.42. The Morgan fingerprint density at radius 1 is 0.661 bits per heavy atom. The molecule has 3 N–H and O–H groups in total. The number of carboxylic acid groups (broad SMARTS) is 1. The maximum atomic E-state index is 11.4. The smallest absolute Gasteiger partial charge is 0.305 e. The second-order valence-electron chi connectivity index (χ2n) is 15.9. The van der Waals surface area contributed by atoms with Crippen molar-refractivity contribution in [2.75, 3.05) is 33.5 Å². The zero-order valence-electron chi connectivity index (χ0n) is 34.9. The second-order valence-corrected chi connectivity index (χ2v) is 15.9. The average Bonchev–Trinajstić information content (AvgIpc) is 4.07. The molecule has 2 aromatic heterocycles. The highest BCUT2D eigenvalue weighted by Crippen LogP contribution is 2.32. The van der Waals surface area contributed by atoms with Gasteiger partial charge < -0.3 is 38.8 Å². The number of esters is 1. The first kappa shape index (κ1) is 41.6. The molecule has 0 amide bonds. The van der Waals surface area contributed by atoms with Crippen molar-refractivity contribution in [2.45, 2.75) is 91.3 Å². The molecule has 2 fully saturated rings. The normalized spacial score (nSPS) is 16.3. The molecule has 0 radical (unpaired) electrons. The van der Waals surface area contributed by atoms with Gasteiger partial charge in [0.15, 0.2) is 0 Å². The molecule has 2 aliphatic rings. The van der Waals surface area contributed by atoms with Crippen molar-refractivity contribution >= 4 is 33.7 Å². The molecule has 6 aromatic rings. The molecule has 0 aliphatic carbocycles. The fourth-order valence-electron chi connectivity index (χ4n) is 8.43. The van der Waals surface area contributed by atoms with E-state index in [-0.39, 0.29) is 12.4 Å². The van der Waals surface area contributed by atoms with Crippen molar-refractivity contribution < 1.29 is 38.4 Å². The third-order valence-corrected chi connectivity index (χ3v) is 11.9. The van der Waals surface area contributed by atoms with Gasteiger partial charge in [-0.3, -0.25) is 9.59 Å². The fourth-order valence-corrected chi connectivity index (χ4v) is 8.43. The molecule has 10 heteroatoms. The second kappa shape index (κ2) is 19.0. The molecule has 4 heterocycles. The summed E-state index contributed by atoms with van der Waals surface area (Å²) in [5, 5.41) is 11.1.